The minimum absolute atomic E-state index is 0.243. The number of rotatable bonds is 2. The summed E-state index contributed by atoms with van der Waals surface area (Å²) in [5, 5.41) is 0. The van der Waals surface area contributed by atoms with E-state index < -0.39 is 0 Å². The SMILES string of the molecule is CC(=O)CN1Cc2ccccc2C1. The van der Waals surface area contributed by atoms with Crippen LogP contribution in [0.2, 0.25) is 0 Å². The third-order valence-corrected chi connectivity index (χ3v) is 2.35. The number of carbonyl (C=O) groups is 1. The molecule has 0 spiro atoms. The van der Waals surface area contributed by atoms with Crippen LogP contribution < -0.4 is 0 Å². The molecule has 2 rings (SSSR count). The highest BCUT2D eigenvalue weighted by molar-refractivity contribution is 5.77. The van der Waals surface area contributed by atoms with Gasteiger partial charge in [-0.3, -0.25) is 9.69 Å². The Morgan fingerprint density at radius 1 is 1.31 bits per heavy atom. The van der Waals surface area contributed by atoms with E-state index in [9.17, 15) is 4.79 Å². The Morgan fingerprint density at radius 2 is 1.85 bits per heavy atom. The van der Waals surface area contributed by atoms with Gasteiger partial charge < -0.3 is 0 Å². The van der Waals surface area contributed by atoms with Gasteiger partial charge in [-0.05, 0) is 18.1 Å². The van der Waals surface area contributed by atoms with Gasteiger partial charge in [0.1, 0.15) is 5.78 Å². The van der Waals surface area contributed by atoms with Gasteiger partial charge in [0.15, 0.2) is 0 Å². The number of hydrogen-bond donors (Lipinski definition) is 0. The predicted octanol–water partition coefficient (Wildman–Crippen LogP) is 1.59. The summed E-state index contributed by atoms with van der Waals surface area (Å²) >= 11 is 0. The highest BCUT2D eigenvalue weighted by atomic mass is 16.1. The van der Waals surface area contributed by atoms with Crippen molar-refractivity contribution in [3.8, 4) is 0 Å². The Kier molecular flexibility index (Phi) is 2.15. The number of benzene rings is 1. The van der Waals surface area contributed by atoms with Gasteiger partial charge in [-0.25, -0.2) is 0 Å². The van der Waals surface area contributed by atoms with E-state index in [0.717, 1.165) is 13.1 Å². The Bertz CT molecular complexity index is 308. The topological polar surface area (TPSA) is 20.3 Å². The molecule has 0 N–H and O–H groups in total. The molecule has 1 heterocycles. The summed E-state index contributed by atoms with van der Waals surface area (Å²) < 4.78 is 0. The van der Waals surface area contributed by atoms with Crippen LogP contribution in [0.1, 0.15) is 18.1 Å². The van der Waals surface area contributed by atoms with E-state index >= 15 is 0 Å². The molecule has 0 saturated heterocycles. The largest absolute Gasteiger partial charge is 0.299 e. The van der Waals surface area contributed by atoms with Gasteiger partial charge in [0.05, 0.1) is 6.54 Å². The van der Waals surface area contributed by atoms with Crippen molar-refractivity contribution in [2.45, 2.75) is 20.0 Å². The second kappa shape index (κ2) is 3.30. The average molecular weight is 175 g/mol. The van der Waals surface area contributed by atoms with Gasteiger partial charge in [-0.2, -0.15) is 0 Å². The predicted molar refractivity (Wildman–Crippen MR) is 51.2 cm³/mol. The summed E-state index contributed by atoms with van der Waals surface area (Å²) in [7, 11) is 0. The Morgan fingerprint density at radius 3 is 2.31 bits per heavy atom. The molecule has 1 aliphatic rings. The van der Waals surface area contributed by atoms with Crippen molar-refractivity contribution in [3.63, 3.8) is 0 Å². The van der Waals surface area contributed by atoms with Crippen molar-refractivity contribution in [2.75, 3.05) is 6.54 Å². The number of ketones is 1. The zero-order valence-corrected chi connectivity index (χ0v) is 7.79. The molecule has 68 valence electrons. The second-order valence-corrected chi connectivity index (χ2v) is 3.62. The maximum absolute atomic E-state index is 10.9. The van der Waals surface area contributed by atoms with Crippen LogP contribution in [0, 0.1) is 0 Å². The fourth-order valence-electron chi connectivity index (χ4n) is 1.83. The molecule has 0 aliphatic carbocycles. The number of Topliss-reactive ketones (excluding diaryl/α,β-unsaturated/α-hetero) is 1. The Hall–Kier alpha value is -1.15. The standard InChI is InChI=1S/C11H13NO/c1-9(13)6-12-7-10-4-2-3-5-11(10)8-12/h2-5H,6-8H2,1H3. The summed E-state index contributed by atoms with van der Waals surface area (Å²) in [4.78, 5) is 13.1. The highest BCUT2D eigenvalue weighted by Gasteiger charge is 2.18. The van der Waals surface area contributed by atoms with Gasteiger partial charge in [0.2, 0.25) is 0 Å². The van der Waals surface area contributed by atoms with Crippen LogP contribution in [0.25, 0.3) is 0 Å². The zero-order valence-electron chi connectivity index (χ0n) is 7.79. The van der Waals surface area contributed by atoms with Gasteiger partial charge in [-0.15, -0.1) is 0 Å². The van der Waals surface area contributed by atoms with Crippen LogP contribution in [-0.4, -0.2) is 17.2 Å². The lowest BCUT2D eigenvalue weighted by Gasteiger charge is -2.11. The summed E-state index contributed by atoms with van der Waals surface area (Å²) in [5.41, 5.74) is 2.73. The minimum Gasteiger partial charge on any atom is -0.299 e. The summed E-state index contributed by atoms with van der Waals surface area (Å²) in [6, 6.07) is 8.37. The number of fused-ring (bicyclic) bond motifs is 1. The molecule has 0 saturated carbocycles. The smallest absolute Gasteiger partial charge is 0.143 e. The first-order chi connectivity index (χ1) is 6.25. The molecule has 1 aromatic carbocycles. The molecule has 0 aromatic heterocycles. The third kappa shape index (κ3) is 1.78. The molecule has 1 aromatic rings. The van der Waals surface area contributed by atoms with Crippen LogP contribution in [0.3, 0.4) is 0 Å². The maximum atomic E-state index is 10.9. The van der Waals surface area contributed by atoms with E-state index in [1.165, 1.54) is 11.1 Å². The maximum Gasteiger partial charge on any atom is 0.143 e. The van der Waals surface area contributed by atoms with E-state index in [-0.39, 0.29) is 5.78 Å². The lowest BCUT2D eigenvalue weighted by Crippen LogP contribution is -2.22. The molecule has 0 fully saturated rings. The molecular formula is C11H13NO. The summed E-state index contributed by atoms with van der Waals surface area (Å²) in [6.07, 6.45) is 0. The molecule has 2 nitrogen and oxygen atoms in total. The molecule has 0 bridgehead atoms. The van der Waals surface area contributed by atoms with Crippen molar-refractivity contribution in [3.05, 3.63) is 35.4 Å². The van der Waals surface area contributed by atoms with Crippen LogP contribution in [0.5, 0.6) is 0 Å². The van der Waals surface area contributed by atoms with Crippen LogP contribution in [-0.2, 0) is 17.9 Å². The number of hydrogen-bond acceptors (Lipinski definition) is 2. The van der Waals surface area contributed by atoms with Crippen molar-refractivity contribution in [1.82, 2.24) is 4.90 Å². The van der Waals surface area contributed by atoms with Gasteiger partial charge in [-0.1, -0.05) is 24.3 Å². The molecule has 0 amide bonds. The summed E-state index contributed by atoms with van der Waals surface area (Å²) in [5.74, 6) is 0.243. The molecular weight excluding hydrogens is 162 g/mol. The molecule has 0 radical (unpaired) electrons. The van der Waals surface area contributed by atoms with Gasteiger partial charge >= 0.3 is 0 Å². The van der Waals surface area contributed by atoms with Crippen LogP contribution >= 0.6 is 0 Å². The first kappa shape index (κ1) is 8.45. The Balaban J connectivity index is 2.09. The van der Waals surface area contributed by atoms with Crippen LogP contribution in [0.15, 0.2) is 24.3 Å². The molecule has 2 heteroatoms. The molecule has 0 atom stereocenters. The lowest BCUT2D eigenvalue weighted by molar-refractivity contribution is -0.118. The van der Waals surface area contributed by atoms with Gasteiger partial charge in [0.25, 0.3) is 0 Å². The van der Waals surface area contributed by atoms with E-state index in [1.54, 1.807) is 6.92 Å². The fourth-order valence-corrected chi connectivity index (χ4v) is 1.83. The molecule has 0 unspecified atom stereocenters. The van der Waals surface area contributed by atoms with Crippen molar-refractivity contribution in [1.29, 1.82) is 0 Å². The molecule has 1 aliphatic heterocycles. The second-order valence-electron chi connectivity index (χ2n) is 3.62. The Labute approximate surface area is 78.2 Å². The van der Waals surface area contributed by atoms with Crippen molar-refractivity contribution < 1.29 is 4.79 Å². The number of nitrogens with zero attached hydrogens (tertiary/aromatic N) is 1. The van der Waals surface area contributed by atoms with E-state index in [1.807, 2.05) is 0 Å². The third-order valence-electron chi connectivity index (χ3n) is 2.35. The zero-order chi connectivity index (χ0) is 9.26. The lowest BCUT2D eigenvalue weighted by atomic mass is 10.1. The normalized spacial score (nSPS) is 15.8. The summed E-state index contributed by atoms with van der Waals surface area (Å²) in [6.45, 7) is 4.07. The van der Waals surface area contributed by atoms with E-state index in [0.29, 0.717) is 6.54 Å². The fraction of sp³-hybridized carbons (Fsp3) is 0.364. The number of carbonyl (C=O) groups excluding carboxylic acids is 1. The monoisotopic (exact) mass is 175 g/mol. The first-order valence-corrected chi connectivity index (χ1v) is 4.54. The minimum atomic E-state index is 0.243. The highest BCUT2D eigenvalue weighted by Crippen LogP contribution is 2.21. The first-order valence-electron chi connectivity index (χ1n) is 4.54. The van der Waals surface area contributed by atoms with Crippen molar-refractivity contribution in [2.24, 2.45) is 0 Å². The van der Waals surface area contributed by atoms with E-state index in [4.69, 9.17) is 0 Å². The molecule has 13 heavy (non-hydrogen) atoms. The van der Waals surface area contributed by atoms with Crippen molar-refractivity contribution >= 4 is 5.78 Å². The van der Waals surface area contributed by atoms with E-state index in [2.05, 4.69) is 29.2 Å². The average Bonchev–Trinajstić information content (AvgIpc) is 2.44. The van der Waals surface area contributed by atoms with Crippen LogP contribution in [0.4, 0.5) is 0 Å². The quantitative estimate of drug-likeness (QED) is 0.680. The van der Waals surface area contributed by atoms with Gasteiger partial charge in [0, 0.05) is 13.1 Å².